The van der Waals surface area contributed by atoms with Gasteiger partial charge in [0.05, 0.1) is 18.0 Å². The predicted octanol–water partition coefficient (Wildman–Crippen LogP) is 3.37. The van der Waals surface area contributed by atoms with Gasteiger partial charge in [-0.2, -0.15) is 0 Å². The zero-order valence-electron chi connectivity index (χ0n) is 10.8. The first-order valence-electron chi connectivity index (χ1n) is 5.85. The molecule has 0 radical (unpaired) electrons. The van der Waals surface area contributed by atoms with E-state index in [4.69, 9.17) is 16.3 Å². The fourth-order valence-electron chi connectivity index (χ4n) is 1.72. The summed E-state index contributed by atoms with van der Waals surface area (Å²) in [5.41, 5.74) is 1.15. The minimum absolute atomic E-state index is 0.303. The summed E-state index contributed by atoms with van der Waals surface area (Å²) >= 11 is 5.86. The molecule has 1 heterocycles. The van der Waals surface area contributed by atoms with E-state index in [1.807, 2.05) is 17.7 Å². The van der Waals surface area contributed by atoms with Gasteiger partial charge in [-0.25, -0.2) is 9.37 Å². The molecular weight excluding hydrogens is 269 g/mol. The van der Waals surface area contributed by atoms with Gasteiger partial charge >= 0.3 is 0 Å². The zero-order chi connectivity index (χ0) is 13.8. The summed E-state index contributed by atoms with van der Waals surface area (Å²) in [7, 11) is 1.63. The molecule has 0 aliphatic carbocycles. The van der Waals surface area contributed by atoms with Gasteiger partial charge in [-0.1, -0.05) is 11.6 Å². The van der Waals surface area contributed by atoms with Gasteiger partial charge in [-0.3, -0.25) is 0 Å². The zero-order valence-corrected chi connectivity index (χ0v) is 11.5. The predicted molar refractivity (Wildman–Crippen MR) is 73.5 cm³/mol. The first-order valence-corrected chi connectivity index (χ1v) is 6.22. The van der Waals surface area contributed by atoms with Crippen molar-refractivity contribution in [1.29, 1.82) is 0 Å². The Kier molecular flexibility index (Phi) is 4.39. The average molecular weight is 284 g/mol. The van der Waals surface area contributed by atoms with Crippen LogP contribution in [-0.2, 0) is 11.3 Å². The van der Waals surface area contributed by atoms with Crippen molar-refractivity contribution in [3.63, 3.8) is 0 Å². The molecule has 1 N–H and O–H groups in total. The van der Waals surface area contributed by atoms with E-state index in [0.29, 0.717) is 29.8 Å². The van der Waals surface area contributed by atoms with Crippen LogP contribution in [0.3, 0.4) is 0 Å². The van der Waals surface area contributed by atoms with Gasteiger partial charge in [0, 0.05) is 24.9 Å². The third-order valence-corrected chi connectivity index (χ3v) is 2.84. The van der Waals surface area contributed by atoms with E-state index in [-0.39, 0.29) is 5.82 Å². The Hall–Kier alpha value is -1.59. The van der Waals surface area contributed by atoms with Gasteiger partial charge in [0.15, 0.2) is 0 Å². The minimum atomic E-state index is -0.372. The number of aryl methyl sites for hydroxylation is 1. The Labute approximate surface area is 116 Å². The number of hydrogen-bond acceptors (Lipinski definition) is 3. The highest BCUT2D eigenvalue weighted by Gasteiger charge is 2.09. The number of nitrogens with zero attached hydrogens (tertiary/aromatic N) is 2. The number of nitrogens with one attached hydrogen (secondary N) is 1. The smallest absolute Gasteiger partial charge is 0.207 e. The summed E-state index contributed by atoms with van der Waals surface area (Å²) in [6.07, 6.45) is 1.88. The van der Waals surface area contributed by atoms with E-state index in [0.717, 1.165) is 5.69 Å². The average Bonchev–Trinajstić information content (AvgIpc) is 2.71. The van der Waals surface area contributed by atoms with Crippen molar-refractivity contribution in [3.8, 4) is 0 Å². The largest absolute Gasteiger partial charge is 0.383 e. The van der Waals surface area contributed by atoms with Crippen LogP contribution in [0.25, 0.3) is 0 Å². The minimum Gasteiger partial charge on any atom is -0.383 e. The highest BCUT2D eigenvalue weighted by Crippen LogP contribution is 2.23. The summed E-state index contributed by atoms with van der Waals surface area (Å²) in [5.74, 6) is 0.194. The molecule has 0 saturated heterocycles. The van der Waals surface area contributed by atoms with Crippen LogP contribution >= 0.6 is 11.6 Å². The summed E-state index contributed by atoms with van der Waals surface area (Å²) in [6.45, 7) is 3.08. The van der Waals surface area contributed by atoms with Crippen LogP contribution in [0.1, 0.15) is 5.69 Å². The maximum atomic E-state index is 13.7. The molecule has 0 aliphatic heterocycles. The van der Waals surface area contributed by atoms with E-state index in [1.165, 1.54) is 18.2 Å². The second kappa shape index (κ2) is 6.04. The molecule has 2 aromatic rings. The molecular formula is C13H15ClFN3O. The Morgan fingerprint density at radius 1 is 1.47 bits per heavy atom. The number of benzene rings is 1. The van der Waals surface area contributed by atoms with Gasteiger partial charge in [-0.05, 0) is 25.1 Å². The van der Waals surface area contributed by atoms with Crippen molar-refractivity contribution in [1.82, 2.24) is 9.55 Å². The van der Waals surface area contributed by atoms with Gasteiger partial charge < -0.3 is 14.6 Å². The summed E-state index contributed by atoms with van der Waals surface area (Å²) in [4.78, 5) is 4.32. The number of anilines is 2. The van der Waals surface area contributed by atoms with E-state index in [2.05, 4.69) is 10.3 Å². The summed E-state index contributed by atoms with van der Waals surface area (Å²) in [6, 6.07) is 4.35. The Morgan fingerprint density at radius 3 is 3.00 bits per heavy atom. The standard InChI is InChI=1S/C13H15ClFN3O/c1-9-8-18(5-6-19-2)13(16-9)17-12-7-10(14)3-4-11(12)15/h3-4,7-8H,5-6H2,1-2H3,(H,16,17). The lowest BCUT2D eigenvalue weighted by Gasteiger charge is -2.10. The molecule has 1 aromatic carbocycles. The number of aromatic nitrogens is 2. The highest BCUT2D eigenvalue weighted by atomic mass is 35.5. The molecule has 0 saturated carbocycles. The van der Waals surface area contributed by atoms with Crippen LogP contribution in [0.4, 0.5) is 16.0 Å². The molecule has 102 valence electrons. The van der Waals surface area contributed by atoms with E-state index < -0.39 is 0 Å². The maximum Gasteiger partial charge on any atom is 0.207 e. The van der Waals surface area contributed by atoms with Crippen LogP contribution in [-0.4, -0.2) is 23.3 Å². The van der Waals surface area contributed by atoms with E-state index in [9.17, 15) is 4.39 Å². The molecule has 0 bridgehead atoms. The van der Waals surface area contributed by atoms with Crippen LogP contribution in [0, 0.1) is 12.7 Å². The number of hydrogen-bond donors (Lipinski definition) is 1. The van der Waals surface area contributed by atoms with E-state index in [1.54, 1.807) is 7.11 Å². The molecule has 0 fully saturated rings. The maximum absolute atomic E-state index is 13.7. The second-order valence-electron chi connectivity index (χ2n) is 4.14. The molecule has 19 heavy (non-hydrogen) atoms. The quantitative estimate of drug-likeness (QED) is 0.914. The van der Waals surface area contributed by atoms with Crippen LogP contribution in [0.5, 0.6) is 0 Å². The van der Waals surface area contributed by atoms with Crippen molar-refractivity contribution in [3.05, 3.63) is 40.9 Å². The molecule has 6 heteroatoms. The lowest BCUT2D eigenvalue weighted by atomic mass is 10.3. The number of rotatable bonds is 5. The van der Waals surface area contributed by atoms with E-state index >= 15 is 0 Å². The van der Waals surface area contributed by atoms with Gasteiger partial charge in [0.25, 0.3) is 0 Å². The van der Waals surface area contributed by atoms with Crippen molar-refractivity contribution in [2.45, 2.75) is 13.5 Å². The third-order valence-electron chi connectivity index (χ3n) is 2.61. The Morgan fingerprint density at radius 2 is 2.26 bits per heavy atom. The first kappa shape index (κ1) is 13.8. The van der Waals surface area contributed by atoms with Gasteiger partial charge in [0.1, 0.15) is 5.82 Å². The van der Waals surface area contributed by atoms with Gasteiger partial charge in [0.2, 0.25) is 5.95 Å². The fourth-order valence-corrected chi connectivity index (χ4v) is 1.89. The molecule has 2 rings (SSSR count). The molecule has 0 spiro atoms. The number of methoxy groups -OCH3 is 1. The normalized spacial score (nSPS) is 10.7. The SMILES string of the molecule is COCCn1cc(C)nc1Nc1cc(Cl)ccc1F. The lowest BCUT2D eigenvalue weighted by Crippen LogP contribution is -2.07. The molecule has 0 aliphatic rings. The summed E-state index contributed by atoms with van der Waals surface area (Å²) in [5, 5.41) is 3.42. The number of halogens is 2. The van der Waals surface area contributed by atoms with Crippen LogP contribution < -0.4 is 5.32 Å². The molecule has 0 amide bonds. The van der Waals surface area contributed by atoms with Crippen LogP contribution in [0.2, 0.25) is 5.02 Å². The second-order valence-corrected chi connectivity index (χ2v) is 4.58. The van der Waals surface area contributed by atoms with Gasteiger partial charge in [-0.15, -0.1) is 0 Å². The first-order chi connectivity index (χ1) is 9.10. The summed E-state index contributed by atoms with van der Waals surface area (Å²) < 4.78 is 20.6. The van der Waals surface area contributed by atoms with Crippen LogP contribution in [0.15, 0.2) is 24.4 Å². The Balaban J connectivity index is 2.24. The van der Waals surface area contributed by atoms with Crippen molar-refractivity contribution >= 4 is 23.2 Å². The third kappa shape index (κ3) is 3.45. The monoisotopic (exact) mass is 283 g/mol. The van der Waals surface area contributed by atoms with Crippen molar-refractivity contribution in [2.24, 2.45) is 0 Å². The van der Waals surface area contributed by atoms with Crippen molar-refractivity contribution < 1.29 is 9.13 Å². The van der Waals surface area contributed by atoms with Crippen molar-refractivity contribution in [2.75, 3.05) is 19.0 Å². The topological polar surface area (TPSA) is 39.1 Å². The number of imidazole rings is 1. The fraction of sp³-hybridized carbons (Fsp3) is 0.308. The molecule has 4 nitrogen and oxygen atoms in total. The molecule has 0 unspecified atom stereocenters. The lowest BCUT2D eigenvalue weighted by molar-refractivity contribution is 0.188. The molecule has 1 aromatic heterocycles. The molecule has 0 atom stereocenters. The Bertz CT molecular complexity index is 571. The highest BCUT2D eigenvalue weighted by molar-refractivity contribution is 6.30. The number of ether oxygens (including phenoxy) is 1.